The maximum absolute atomic E-state index is 12.4. The van der Waals surface area contributed by atoms with Gasteiger partial charge in [-0.3, -0.25) is 9.10 Å². The fourth-order valence-corrected chi connectivity index (χ4v) is 4.44. The number of amides is 1. The minimum Gasteiger partial charge on any atom is -0.375 e. The fraction of sp³-hybridized carbons (Fsp3) is 0.409. The highest BCUT2D eigenvalue weighted by Gasteiger charge is 2.24. The van der Waals surface area contributed by atoms with Gasteiger partial charge in [0.25, 0.3) is 0 Å². The number of hydrogen-bond donors (Lipinski definition) is 1. The van der Waals surface area contributed by atoms with E-state index < -0.39 is 10.0 Å². The standard InChI is InChI=1S/C22H31N3O3S/c1-17-14-18(2)22(19(3)15-17)25(29(5,27)28)16-21(26)23-12-9-13-24(4)20-10-7-6-8-11-20/h6-8,10-11,14-15H,9,12-13,16H2,1-5H3,(H,23,26). The molecule has 0 saturated heterocycles. The molecule has 2 aromatic rings. The summed E-state index contributed by atoms with van der Waals surface area (Å²) >= 11 is 0. The largest absolute Gasteiger partial charge is 0.375 e. The molecule has 0 radical (unpaired) electrons. The summed E-state index contributed by atoms with van der Waals surface area (Å²) in [5.41, 5.74) is 4.43. The van der Waals surface area contributed by atoms with Gasteiger partial charge >= 0.3 is 0 Å². The molecule has 0 spiro atoms. The van der Waals surface area contributed by atoms with E-state index in [1.54, 1.807) is 0 Å². The minimum absolute atomic E-state index is 0.224. The quantitative estimate of drug-likeness (QED) is 0.637. The Hall–Kier alpha value is -2.54. The van der Waals surface area contributed by atoms with E-state index in [1.165, 1.54) is 4.31 Å². The molecule has 158 valence electrons. The Morgan fingerprint density at radius 3 is 2.17 bits per heavy atom. The summed E-state index contributed by atoms with van der Waals surface area (Å²) < 4.78 is 25.9. The first kappa shape index (κ1) is 22.7. The zero-order chi connectivity index (χ0) is 21.6. The van der Waals surface area contributed by atoms with Crippen molar-refractivity contribution in [3.63, 3.8) is 0 Å². The summed E-state index contributed by atoms with van der Waals surface area (Å²) in [7, 11) is -1.58. The molecular weight excluding hydrogens is 386 g/mol. The molecule has 0 aliphatic heterocycles. The molecular formula is C22H31N3O3S. The molecule has 2 rings (SSSR count). The van der Waals surface area contributed by atoms with Gasteiger partial charge in [-0.05, 0) is 50.5 Å². The predicted molar refractivity (Wildman–Crippen MR) is 120 cm³/mol. The number of carbonyl (C=O) groups is 1. The van der Waals surface area contributed by atoms with Crippen LogP contribution in [-0.4, -0.2) is 47.3 Å². The number of carbonyl (C=O) groups excluding carboxylic acids is 1. The Morgan fingerprint density at radius 1 is 1.03 bits per heavy atom. The summed E-state index contributed by atoms with van der Waals surface area (Å²) in [4.78, 5) is 14.6. The van der Waals surface area contributed by atoms with Gasteiger partial charge in [-0.25, -0.2) is 8.42 Å². The van der Waals surface area contributed by atoms with Gasteiger partial charge in [0.1, 0.15) is 6.54 Å². The number of sulfonamides is 1. The first-order valence-corrected chi connectivity index (χ1v) is 11.5. The van der Waals surface area contributed by atoms with Crippen LogP contribution in [0.3, 0.4) is 0 Å². The average Bonchev–Trinajstić information content (AvgIpc) is 2.63. The second-order valence-electron chi connectivity index (χ2n) is 7.48. The molecule has 0 unspecified atom stereocenters. The van der Waals surface area contributed by atoms with Crippen molar-refractivity contribution in [2.24, 2.45) is 0 Å². The Balaban J connectivity index is 1.96. The summed E-state index contributed by atoms with van der Waals surface area (Å²) in [6, 6.07) is 13.9. The van der Waals surface area contributed by atoms with Crippen molar-refractivity contribution >= 4 is 27.3 Å². The van der Waals surface area contributed by atoms with Gasteiger partial charge in [-0.2, -0.15) is 0 Å². The lowest BCUT2D eigenvalue weighted by Gasteiger charge is -2.26. The molecule has 29 heavy (non-hydrogen) atoms. The van der Waals surface area contributed by atoms with Gasteiger partial charge in [0, 0.05) is 25.8 Å². The van der Waals surface area contributed by atoms with Gasteiger partial charge in [-0.1, -0.05) is 35.9 Å². The SMILES string of the molecule is Cc1cc(C)c(N(CC(=O)NCCCN(C)c2ccccc2)S(C)(=O)=O)c(C)c1. The number of nitrogens with one attached hydrogen (secondary N) is 1. The number of nitrogens with zero attached hydrogens (tertiary/aromatic N) is 2. The smallest absolute Gasteiger partial charge is 0.240 e. The van der Waals surface area contributed by atoms with Crippen LogP contribution in [0.25, 0.3) is 0 Å². The number of rotatable bonds is 9. The van der Waals surface area contributed by atoms with Gasteiger partial charge in [0.05, 0.1) is 11.9 Å². The van der Waals surface area contributed by atoms with Gasteiger partial charge in [0.2, 0.25) is 15.9 Å². The monoisotopic (exact) mass is 417 g/mol. The number of hydrogen-bond acceptors (Lipinski definition) is 4. The van der Waals surface area contributed by atoms with E-state index in [1.807, 2.05) is 70.3 Å². The molecule has 2 aromatic carbocycles. The molecule has 0 atom stereocenters. The summed E-state index contributed by atoms with van der Waals surface area (Å²) in [5.74, 6) is -0.308. The molecule has 0 aliphatic carbocycles. The third kappa shape index (κ3) is 6.49. The maximum atomic E-state index is 12.4. The molecule has 0 heterocycles. The average molecular weight is 418 g/mol. The first-order chi connectivity index (χ1) is 13.6. The second kappa shape index (κ2) is 9.78. The highest BCUT2D eigenvalue weighted by molar-refractivity contribution is 7.92. The van der Waals surface area contributed by atoms with E-state index in [-0.39, 0.29) is 12.5 Å². The van der Waals surface area contributed by atoms with Crippen LogP contribution in [0.4, 0.5) is 11.4 Å². The van der Waals surface area contributed by atoms with Crippen molar-refractivity contribution in [1.29, 1.82) is 0 Å². The summed E-state index contributed by atoms with van der Waals surface area (Å²) in [6.07, 6.45) is 1.90. The molecule has 1 N–H and O–H groups in total. The summed E-state index contributed by atoms with van der Waals surface area (Å²) in [5, 5.41) is 2.84. The van der Waals surface area contributed by atoms with Crippen molar-refractivity contribution in [1.82, 2.24) is 5.32 Å². The van der Waals surface area contributed by atoms with Gasteiger partial charge in [0.15, 0.2) is 0 Å². The molecule has 0 bridgehead atoms. The second-order valence-corrected chi connectivity index (χ2v) is 9.38. The van der Waals surface area contributed by atoms with E-state index in [0.717, 1.165) is 41.6 Å². The molecule has 6 nitrogen and oxygen atoms in total. The van der Waals surface area contributed by atoms with E-state index in [4.69, 9.17) is 0 Å². The zero-order valence-electron chi connectivity index (χ0n) is 17.9. The van der Waals surface area contributed by atoms with Crippen LogP contribution in [0.15, 0.2) is 42.5 Å². The van der Waals surface area contributed by atoms with Crippen molar-refractivity contribution in [2.45, 2.75) is 27.2 Å². The third-order valence-electron chi connectivity index (χ3n) is 4.76. The number of aryl methyl sites for hydroxylation is 3. The highest BCUT2D eigenvalue weighted by atomic mass is 32.2. The Labute approximate surface area is 174 Å². The van der Waals surface area contributed by atoms with Crippen LogP contribution in [0.5, 0.6) is 0 Å². The van der Waals surface area contributed by atoms with Crippen LogP contribution in [0.2, 0.25) is 0 Å². The molecule has 0 fully saturated rings. The normalized spacial score (nSPS) is 11.2. The van der Waals surface area contributed by atoms with E-state index in [0.29, 0.717) is 12.2 Å². The number of benzene rings is 2. The van der Waals surface area contributed by atoms with E-state index in [9.17, 15) is 13.2 Å². The van der Waals surface area contributed by atoms with Crippen molar-refractivity contribution in [2.75, 3.05) is 42.1 Å². The van der Waals surface area contributed by atoms with Gasteiger partial charge in [-0.15, -0.1) is 0 Å². The molecule has 0 saturated carbocycles. The fourth-order valence-electron chi connectivity index (χ4n) is 3.47. The van der Waals surface area contributed by atoms with Crippen molar-refractivity contribution < 1.29 is 13.2 Å². The lowest BCUT2D eigenvalue weighted by atomic mass is 10.1. The van der Waals surface area contributed by atoms with Crippen LogP contribution in [0, 0.1) is 20.8 Å². The Bertz CT molecular complexity index is 920. The van der Waals surface area contributed by atoms with Crippen LogP contribution in [-0.2, 0) is 14.8 Å². The highest BCUT2D eigenvalue weighted by Crippen LogP contribution is 2.28. The molecule has 0 aliphatic rings. The third-order valence-corrected chi connectivity index (χ3v) is 5.87. The van der Waals surface area contributed by atoms with E-state index >= 15 is 0 Å². The van der Waals surface area contributed by atoms with Crippen molar-refractivity contribution in [3.8, 4) is 0 Å². The maximum Gasteiger partial charge on any atom is 0.240 e. The molecule has 1 amide bonds. The first-order valence-electron chi connectivity index (χ1n) is 9.68. The lowest BCUT2D eigenvalue weighted by Crippen LogP contribution is -2.41. The number of para-hydroxylation sites is 1. The molecule has 7 heteroatoms. The predicted octanol–water partition coefficient (Wildman–Crippen LogP) is 3.02. The van der Waals surface area contributed by atoms with Crippen molar-refractivity contribution in [3.05, 3.63) is 59.2 Å². The van der Waals surface area contributed by atoms with Gasteiger partial charge < -0.3 is 10.2 Å². The molecule has 0 aromatic heterocycles. The summed E-state index contributed by atoms with van der Waals surface area (Å²) in [6.45, 7) is 6.75. The van der Waals surface area contributed by atoms with Crippen LogP contribution >= 0.6 is 0 Å². The van der Waals surface area contributed by atoms with Crippen LogP contribution in [0.1, 0.15) is 23.1 Å². The Kier molecular flexibility index (Phi) is 7.67. The number of anilines is 2. The topological polar surface area (TPSA) is 69.7 Å². The minimum atomic E-state index is -3.59. The lowest BCUT2D eigenvalue weighted by molar-refractivity contribution is -0.119. The zero-order valence-corrected chi connectivity index (χ0v) is 18.7. The van der Waals surface area contributed by atoms with E-state index in [2.05, 4.69) is 10.2 Å². The van der Waals surface area contributed by atoms with Crippen LogP contribution < -0.4 is 14.5 Å². The Morgan fingerprint density at radius 2 is 1.62 bits per heavy atom.